The number of aliphatic imine (C=N–C) groups is 1. The quantitative estimate of drug-likeness (QED) is 0.487. The lowest BCUT2D eigenvalue weighted by molar-refractivity contribution is 0.0538. The van der Waals surface area contributed by atoms with Crippen LogP contribution in [0, 0.1) is 0 Å². The number of hydrogen-bond acceptors (Lipinski definition) is 6. The first-order chi connectivity index (χ1) is 18.5. The van der Waals surface area contributed by atoms with Gasteiger partial charge in [-0.05, 0) is 63.9 Å². The number of likely N-dealkylation sites (tertiary alicyclic amines) is 1. The van der Waals surface area contributed by atoms with Gasteiger partial charge in [0.05, 0.1) is 11.4 Å². The van der Waals surface area contributed by atoms with Gasteiger partial charge in [0.15, 0.2) is 0 Å². The van der Waals surface area contributed by atoms with Crippen molar-refractivity contribution < 1.29 is 9.59 Å². The number of allylic oxidation sites excluding steroid dienone is 1. The van der Waals surface area contributed by atoms with Crippen LogP contribution in [-0.4, -0.2) is 86.6 Å². The molecule has 3 amide bonds. The van der Waals surface area contributed by atoms with Gasteiger partial charge < -0.3 is 25.0 Å². The Morgan fingerprint density at radius 2 is 1.89 bits per heavy atom. The first-order valence-electron chi connectivity index (χ1n) is 13.2. The van der Waals surface area contributed by atoms with Crippen LogP contribution in [0.4, 0.5) is 16.4 Å². The van der Waals surface area contributed by atoms with E-state index in [1.807, 2.05) is 71.9 Å². The van der Waals surface area contributed by atoms with Crippen molar-refractivity contribution in [3.05, 3.63) is 54.0 Å². The minimum atomic E-state index is -0.0535. The lowest BCUT2D eigenvalue weighted by Gasteiger charge is -2.41. The second kappa shape index (κ2) is 11.0. The van der Waals surface area contributed by atoms with Gasteiger partial charge >= 0.3 is 6.03 Å². The van der Waals surface area contributed by atoms with Gasteiger partial charge in [0, 0.05) is 67.8 Å². The Balaban J connectivity index is 1.27. The van der Waals surface area contributed by atoms with Crippen molar-refractivity contribution in [2.24, 2.45) is 4.99 Å². The van der Waals surface area contributed by atoms with Crippen LogP contribution in [0.15, 0.2) is 47.6 Å². The standard InChI is InChI=1S/C28H34N8O2/c1-4-22(29-5-2)24-10-11-30-27(33-24)31-21-8-9-23-20(16-21)17-25(32-23)26(37)35-14-15-36(19(3)18-35)28(38)34-12-6-7-13-34/h4-5,8-11,16-17,19,32H,6-7,12-15,18H2,1-3H3,(H,30,31,33)/b22-4-,29-5?. The van der Waals surface area contributed by atoms with Crippen LogP contribution < -0.4 is 5.32 Å². The number of urea groups is 1. The summed E-state index contributed by atoms with van der Waals surface area (Å²) in [5.74, 6) is 0.414. The summed E-state index contributed by atoms with van der Waals surface area (Å²) in [6.45, 7) is 9.06. The number of rotatable bonds is 5. The lowest BCUT2D eigenvalue weighted by Crippen LogP contribution is -2.58. The molecule has 0 spiro atoms. The molecule has 38 heavy (non-hydrogen) atoms. The number of benzene rings is 1. The minimum absolute atomic E-state index is 0.0252. The predicted molar refractivity (Wildman–Crippen MR) is 150 cm³/mol. The van der Waals surface area contributed by atoms with E-state index in [-0.39, 0.29) is 18.0 Å². The van der Waals surface area contributed by atoms with Crippen LogP contribution in [0.25, 0.3) is 16.6 Å². The fourth-order valence-corrected chi connectivity index (χ4v) is 5.13. The Morgan fingerprint density at radius 1 is 1.08 bits per heavy atom. The Morgan fingerprint density at radius 3 is 2.63 bits per heavy atom. The fourth-order valence-electron chi connectivity index (χ4n) is 5.13. The summed E-state index contributed by atoms with van der Waals surface area (Å²) >= 11 is 0. The van der Waals surface area contributed by atoms with Crippen LogP contribution in [-0.2, 0) is 0 Å². The molecule has 0 saturated carbocycles. The molecule has 3 aromatic rings. The van der Waals surface area contributed by atoms with E-state index in [0.29, 0.717) is 31.3 Å². The number of H-pyrrole nitrogens is 1. The molecular formula is C28H34N8O2. The number of aromatic nitrogens is 3. The normalized spacial score (nSPS) is 18.6. The molecule has 10 heteroatoms. The first-order valence-corrected chi connectivity index (χ1v) is 13.2. The molecule has 5 rings (SSSR count). The highest BCUT2D eigenvalue weighted by molar-refractivity contribution is 5.99. The number of hydrogen-bond donors (Lipinski definition) is 2. The number of piperazine rings is 1. The summed E-state index contributed by atoms with van der Waals surface area (Å²) in [6.07, 6.45) is 7.48. The number of nitrogens with zero attached hydrogens (tertiary/aromatic N) is 6. The maximum atomic E-state index is 13.3. The van der Waals surface area contributed by atoms with Gasteiger partial charge in [0.1, 0.15) is 5.69 Å². The molecule has 198 valence electrons. The zero-order valence-corrected chi connectivity index (χ0v) is 22.1. The van der Waals surface area contributed by atoms with Gasteiger partial charge in [0.25, 0.3) is 5.91 Å². The summed E-state index contributed by atoms with van der Waals surface area (Å²) in [5.41, 5.74) is 3.74. The molecule has 10 nitrogen and oxygen atoms in total. The Bertz CT molecular complexity index is 1390. The Hall–Kier alpha value is -4.21. The SMILES string of the molecule is CC=N/C(=C\C)c1ccnc(Nc2ccc3[nH]c(C(=O)N4CCN(C(=O)N5CCCC5)C(C)C4)cc3c2)n1. The molecule has 1 aromatic carbocycles. The van der Waals surface area contributed by atoms with Crippen molar-refractivity contribution in [3.8, 4) is 0 Å². The van der Waals surface area contributed by atoms with Gasteiger partial charge in [-0.15, -0.1) is 0 Å². The van der Waals surface area contributed by atoms with E-state index in [9.17, 15) is 9.59 Å². The largest absolute Gasteiger partial charge is 0.351 e. The predicted octanol–water partition coefficient (Wildman–Crippen LogP) is 4.52. The molecule has 2 aromatic heterocycles. The average molecular weight is 515 g/mol. The number of carbonyl (C=O) groups is 2. The number of nitrogens with one attached hydrogen (secondary N) is 2. The summed E-state index contributed by atoms with van der Waals surface area (Å²) in [6, 6.07) is 9.60. The van der Waals surface area contributed by atoms with Gasteiger partial charge in [0.2, 0.25) is 5.95 Å². The van der Waals surface area contributed by atoms with Crippen molar-refractivity contribution in [2.45, 2.75) is 39.7 Å². The topological polar surface area (TPSA) is 110 Å². The van der Waals surface area contributed by atoms with Gasteiger partial charge in [-0.3, -0.25) is 9.79 Å². The molecular weight excluding hydrogens is 480 g/mol. The second-order valence-corrected chi connectivity index (χ2v) is 9.71. The molecule has 0 aliphatic carbocycles. The number of amides is 3. The second-order valence-electron chi connectivity index (χ2n) is 9.71. The number of aromatic amines is 1. The highest BCUT2D eigenvalue weighted by Crippen LogP contribution is 2.24. The van der Waals surface area contributed by atoms with E-state index in [4.69, 9.17) is 0 Å². The molecule has 2 fully saturated rings. The van der Waals surface area contributed by atoms with E-state index in [0.717, 1.165) is 53.9 Å². The fraction of sp³-hybridized carbons (Fsp3) is 0.393. The van der Waals surface area contributed by atoms with E-state index < -0.39 is 0 Å². The molecule has 1 unspecified atom stereocenters. The van der Waals surface area contributed by atoms with Crippen LogP contribution >= 0.6 is 0 Å². The van der Waals surface area contributed by atoms with Crippen LogP contribution in [0.3, 0.4) is 0 Å². The third kappa shape index (κ3) is 5.25. The Labute approximate surface area is 222 Å². The number of fused-ring (bicyclic) bond motifs is 1. The molecule has 2 saturated heterocycles. The third-order valence-corrected chi connectivity index (χ3v) is 7.10. The molecule has 0 bridgehead atoms. The summed E-state index contributed by atoms with van der Waals surface area (Å²) in [5, 5.41) is 4.16. The summed E-state index contributed by atoms with van der Waals surface area (Å²) in [4.78, 5) is 48.4. The minimum Gasteiger partial charge on any atom is -0.351 e. The Kier molecular flexibility index (Phi) is 7.39. The zero-order chi connectivity index (χ0) is 26.6. The molecule has 2 N–H and O–H groups in total. The van der Waals surface area contributed by atoms with Crippen molar-refractivity contribution in [2.75, 3.05) is 38.0 Å². The van der Waals surface area contributed by atoms with Gasteiger partial charge in [-0.2, -0.15) is 0 Å². The smallest absolute Gasteiger partial charge is 0.320 e. The maximum Gasteiger partial charge on any atom is 0.320 e. The number of anilines is 2. The lowest BCUT2D eigenvalue weighted by atomic mass is 10.2. The van der Waals surface area contributed by atoms with Crippen molar-refractivity contribution >= 4 is 46.4 Å². The van der Waals surface area contributed by atoms with E-state index in [1.54, 1.807) is 12.4 Å². The van der Waals surface area contributed by atoms with E-state index in [1.165, 1.54) is 0 Å². The molecule has 4 heterocycles. The van der Waals surface area contributed by atoms with Crippen molar-refractivity contribution in [3.63, 3.8) is 0 Å². The number of carbonyl (C=O) groups excluding carboxylic acids is 2. The van der Waals surface area contributed by atoms with Crippen LogP contribution in [0.2, 0.25) is 0 Å². The molecule has 1 atom stereocenters. The van der Waals surface area contributed by atoms with Gasteiger partial charge in [-0.1, -0.05) is 6.08 Å². The van der Waals surface area contributed by atoms with Gasteiger partial charge in [-0.25, -0.2) is 14.8 Å². The van der Waals surface area contributed by atoms with Crippen LogP contribution in [0.5, 0.6) is 0 Å². The highest BCUT2D eigenvalue weighted by atomic mass is 16.2. The maximum absolute atomic E-state index is 13.3. The first kappa shape index (κ1) is 25.4. The van der Waals surface area contributed by atoms with E-state index in [2.05, 4.69) is 25.3 Å². The monoisotopic (exact) mass is 514 g/mol. The van der Waals surface area contributed by atoms with Crippen molar-refractivity contribution in [1.29, 1.82) is 0 Å². The molecule has 0 radical (unpaired) electrons. The summed E-state index contributed by atoms with van der Waals surface area (Å²) < 4.78 is 0. The zero-order valence-electron chi connectivity index (χ0n) is 22.1. The average Bonchev–Trinajstić information content (AvgIpc) is 3.61. The van der Waals surface area contributed by atoms with Crippen molar-refractivity contribution in [1.82, 2.24) is 29.7 Å². The van der Waals surface area contributed by atoms with Crippen LogP contribution in [0.1, 0.15) is 49.8 Å². The summed E-state index contributed by atoms with van der Waals surface area (Å²) in [7, 11) is 0. The highest BCUT2D eigenvalue weighted by Gasteiger charge is 2.33. The van der Waals surface area contributed by atoms with E-state index >= 15 is 0 Å². The molecule has 2 aliphatic rings. The third-order valence-electron chi connectivity index (χ3n) is 7.10. The molecule has 2 aliphatic heterocycles.